The molecule has 4 nitrogen and oxygen atoms in total. The summed E-state index contributed by atoms with van der Waals surface area (Å²) in [6, 6.07) is 18.0. The summed E-state index contributed by atoms with van der Waals surface area (Å²) in [5.74, 6) is 11.9. The van der Waals surface area contributed by atoms with Crippen molar-refractivity contribution < 1.29 is 9.72 Å². The minimum atomic E-state index is -0.440. The van der Waals surface area contributed by atoms with Gasteiger partial charge in [-0.05, 0) is 73.5 Å². The SMILES string of the molecule is CC(=O)Sc1ccc(C#Cc2ccc(C#Cc3cc(C)cc(C)c3)c([N+](=O)[O-])c2)cc1. The first-order chi connectivity index (χ1) is 14.8. The van der Waals surface area contributed by atoms with Crippen molar-refractivity contribution >= 4 is 22.6 Å². The number of carbonyl (C=O) groups excluding carboxylic acids is 1. The van der Waals surface area contributed by atoms with E-state index in [1.54, 1.807) is 12.1 Å². The lowest BCUT2D eigenvalue weighted by Crippen LogP contribution is -1.93. The number of hydrogen-bond donors (Lipinski definition) is 0. The molecule has 0 N–H and O–H groups in total. The van der Waals surface area contributed by atoms with Crippen molar-refractivity contribution in [1.29, 1.82) is 0 Å². The van der Waals surface area contributed by atoms with Crippen LogP contribution in [0.25, 0.3) is 0 Å². The van der Waals surface area contributed by atoms with Crippen LogP contribution in [0.5, 0.6) is 0 Å². The van der Waals surface area contributed by atoms with Crippen LogP contribution >= 0.6 is 11.8 Å². The summed E-state index contributed by atoms with van der Waals surface area (Å²) in [5, 5.41) is 11.6. The molecule has 0 aliphatic rings. The molecule has 0 bridgehead atoms. The number of rotatable bonds is 2. The van der Waals surface area contributed by atoms with Crippen molar-refractivity contribution in [2.45, 2.75) is 25.7 Å². The number of carbonyl (C=O) groups is 1. The third kappa shape index (κ3) is 6.34. The summed E-state index contributed by atoms with van der Waals surface area (Å²) in [5.41, 5.74) is 4.58. The van der Waals surface area contributed by atoms with Crippen molar-refractivity contribution in [3.63, 3.8) is 0 Å². The molecule has 5 heteroatoms. The molecule has 0 saturated heterocycles. The standard InChI is InChI=1S/C26H19NO3S/c1-18-14-19(2)16-23(15-18)7-11-24-10-6-22(17-26(24)27(29)30)5-4-21-8-12-25(13-9-21)31-20(3)28/h6,8-10,12-17H,1-3H3. The number of thioether (sulfide) groups is 1. The Balaban J connectivity index is 1.86. The van der Waals surface area contributed by atoms with Crippen molar-refractivity contribution in [1.82, 2.24) is 0 Å². The highest BCUT2D eigenvalue weighted by molar-refractivity contribution is 8.13. The Morgan fingerprint density at radius 2 is 1.39 bits per heavy atom. The van der Waals surface area contributed by atoms with Gasteiger partial charge in [0.25, 0.3) is 5.69 Å². The van der Waals surface area contributed by atoms with Crippen LogP contribution < -0.4 is 0 Å². The molecule has 0 atom stereocenters. The lowest BCUT2D eigenvalue weighted by molar-refractivity contribution is -0.385. The van der Waals surface area contributed by atoms with Crippen LogP contribution in [0.2, 0.25) is 0 Å². The van der Waals surface area contributed by atoms with Crippen molar-refractivity contribution in [2.24, 2.45) is 0 Å². The van der Waals surface area contributed by atoms with Crippen LogP contribution in [-0.4, -0.2) is 10.0 Å². The van der Waals surface area contributed by atoms with Crippen molar-refractivity contribution in [2.75, 3.05) is 0 Å². The van der Waals surface area contributed by atoms with Crippen LogP contribution in [0.1, 0.15) is 40.3 Å². The van der Waals surface area contributed by atoms with Gasteiger partial charge in [-0.3, -0.25) is 14.9 Å². The molecule has 0 radical (unpaired) electrons. The van der Waals surface area contributed by atoms with E-state index < -0.39 is 4.92 Å². The van der Waals surface area contributed by atoms with E-state index in [1.165, 1.54) is 13.0 Å². The van der Waals surface area contributed by atoms with Gasteiger partial charge in [0.05, 0.1) is 4.92 Å². The van der Waals surface area contributed by atoms with Gasteiger partial charge in [-0.2, -0.15) is 0 Å². The minimum Gasteiger partial charge on any atom is -0.287 e. The second kappa shape index (κ2) is 9.80. The second-order valence-corrected chi connectivity index (χ2v) is 8.23. The highest BCUT2D eigenvalue weighted by Crippen LogP contribution is 2.21. The smallest absolute Gasteiger partial charge is 0.286 e. The third-order valence-electron chi connectivity index (χ3n) is 4.22. The van der Waals surface area contributed by atoms with Crippen LogP contribution in [0, 0.1) is 47.6 Å². The maximum absolute atomic E-state index is 11.6. The zero-order valence-corrected chi connectivity index (χ0v) is 18.2. The van der Waals surface area contributed by atoms with Crippen LogP contribution in [-0.2, 0) is 4.79 Å². The van der Waals surface area contributed by atoms with E-state index in [2.05, 4.69) is 29.7 Å². The molecule has 0 aliphatic carbocycles. The third-order valence-corrected chi connectivity index (χ3v) is 5.02. The van der Waals surface area contributed by atoms with E-state index in [1.807, 2.05) is 50.2 Å². The zero-order valence-electron chi connectivity index (χ0n) is 17.4. The maximum atomic E-state index is 11.6. The predicted molar refractivity (Wildman–Crippen MR) is 124 cm³/mol. The van der Waals surface area contributed by atoms with Gasteiger partial charge in [0.2, 0.25) is 0 Å². The van der Waals surface area contributed by atoms with Gasteiger partial charge in [0.1, 0.15) is 5.56 Å². The fourth-order valence-corrected chi connectivity index (χ4v) is 3.57. The Morgan fingerprint density at radius 1 is 0.806 bits per heavy atom. The molecule has 0 fully saturated rings. The molecule has 31 heavy (non-hydrogen) atoms. The summed E-state index contributed by atoms with van der Waals surface area (Å²) in [6.45, 7) is 5.49. The number of aryl methyl sites for hydroxylation is 2. The van der Waals surface area contributed by atoms with Gasteiger partial charge in [0.15, 0.2) is 5.12 Å². The van der Waals surface area contributed by atoms with Crippen molar-refractivity contribution in [3.8, 4) is 23.7 Å². The molecular weight excluding hydrogens is 406 g/mol. The lowest BCUT2D eigenvalue weighted by Gasteiger charge is -1.99. The van der Waals surface area contributed by atoms with E-state index >= 15 is 0 Å². The molecule has 3 aromatic rings. The van der Waals surface area contributed by atoms with E-state index in [0.717, 1.165) is 38.9 Å². The van der Waals surface area contributed by atoms with E-state index in [0.29, 0.717) is 11.1 Å². The van der Waals surface area contributed by atoms with Gasteiger partial charge in [-0.15, -0.1) is 0 Å². The van der Waals surface area contributed by atoms with E-state index in [4.69, 9.17) is 0 Å². The molecule has 0 aromatic heterocycles. The molecule has 3 aromatic carbocycles. The maximum Gasteiger partial charge on any atom is 0.286 e. The number of benzene rings is 3. The van der Waals surface area contributed by atoms with Crippen LogP contribution in [0.15, 0.2) is 65.6 Å². The average Bonchev–Trinajstić information content (AvgIpc) is 2.71. The van der Waals surface area contributed by atoms with Crippen LogP contribution in [0.3, 0.4) is 0 Å². The summed E-state index contributed by atoms with van der Waals surface area (Å²) >= 11 is 1.16. The van der Waals surface area contributed by atoms with E-state index in [9.17, 15) is 14.9 Å². The lowest BCUT2D eigenvalue weighted by atomic mass is 10.1. The summed E-state index contributed by atoms with van der Waals surface area (Å²) in [6.07, 6.45) is 0. The quantitative estimate of drug-likeness (QED) is 0.230. The van der Waals surface area contributed by atoms with Crippen LogP contribution in [0.4, 0.5) is 5.69 Å². The Kier molecular flexibility index (Phi) is 6.92. The highest BCUT2D eigenvalue weighted by Gasteiger charge is 2.12. The number of nitro groups is 1. The Bertz CT molecular complexity index is 1270. The minimum absolute atomic E-state index is 0.0202. The first-order valence-electron chi connectivity index (χ1n) is 9.49. The van der Waals surface area contributed by atoms with Gasteiger partial charge in [-0.25, -0.2) is 0 Å². The molecule has 3 rings (SSSR count). The molecule has 0 spiro atoms. The Hall–Kier alpha value is -3.80. The van der Waals surface area contributed by atoms with Gasteiger partial charge in [-0.1, -0.05) is 41.5 Å². The molecular formula is C26H19NO3S. The van der Waals surface area contributed by atoms with E-state index in [-0.39, 0.29) is 10.8 Å². The Labute approximate surface area is 185 Å². The molecule has 0 saturated carbocycles. The van der Waals surface area contributed by atoms with Gasteiger partial charge < -0.3 is 0 Å². The number of nitro benzene ring substituents is 1. The van der Waals surface area contributed by atoms with Crippen molar-refractivity contribution in [3.05, 3.63) is 104 Å². The monoisotopic (exact) mass is 425 g/mol. The molecule has 0 aliphatic heterocycles. The highest BCUT2D eigenvalue weighted by atomic mass is 32.2. The number of nitrogens with zero attached hydrogens (tertiary/aromatic N) is 1. The summed E-state index contributed by atoms with van der Waals surface area (Å²) in [7, 11) is 0. The first kappa shape index (κ1) is 21.9. The van der Waals surface area contributed by atoms with Gasteiger partial charge >= 0.3 is 0 Å². The predicted octanol–water partition coefficient (Wildman–Crippen LogP) is 5.65. The normalized spacial score (nSPS) is 9.77. The summed E-state index contributed by atoms with van der Waals surface area (Å²) < 4.78 is 0. The topological polar surface area (TPSA) is 60.2 Å². The summed E-state index contributed by atoms with van der Waals surface area (Å²) in [4.78, 5) is 23.1. The molecule has 0 amide bonds. The largest absolute Gasteiger partial charge is 0.287 e. The molecule has 152 valence electrons. The molecule has 0 unspecified atom stereocenters. The number of hydrogen-bond acceptors (Lipinski definition) is 4. The first-order valence-corrected chi connectivity index (χ1v) is 10.3. The molecule has 0 heterocycles. The average molecular weight is 426 g/mol. The Morgan fingerprint density at radius 3 is 2.00 bits per heavy atom. The zero-order chi connectivity index (χ0) is 22.4. The fraction of sp³-hybridized carbons (Fsp3) is 0.115. The second-order valence-electron chi connectivity index (χ2n) is 6.98. The van der Waals surface area contributed by atoms with Gasteiger partial charge in [0, 0.05) is 34.6 Å². The fourth-order valence-electron chi connectivity index (χ4n) is 2.97.